The molecule has 0 aliphatic carbocycles. The van der Waals surface area contributed by atoms with Crippen molar-refractivity contribution >= 4 is 28.7 Å². The van der Waals surface area contributed by atoms with Crippen LogP contribution in [-0.4, -0.2) is 33.6 Å². The second-order valence-corrected chi connectivity index (χ2v) is 8.50. The number of aromatic nitrogens is 3. The number of anilines is 1. The van der Waals surface area contributed by atoms with Crippen molar-refractivity contribution in [2.45, 2.75) is 40.5 Å². The average Bonchev–Trinajstić information content (AvgIpc) is 3.23. The molecule has 2 heterocycles. The first-order valence-corrected chi connectivity index (χ1v) is 10.6. The van der Waals surface area contributed by atoms with E-state index < -0.39 is 0 Å². The molecular weight excluding hydrogens is 398 g/mol. The van der Waals surface area contributed by atoms with E-state index in [9.17, 15) is 4.79 Å². The van der Waals surface area contributed by atoms with Gasteiger partial charge in [-0.25, -0.2) is 0 Å². The smallest absolute Gasteiger partial charge is 0.309 e. The third kappa shape index (κ3) is 4.00. The lowest BCUT2D eigenvalue weighted by molar-refractivity contribution is -0.145. The molecule has 1 unspecified atom stereocenters. The SMILES string of the molecule is CCC(Cc1nnc(C)n1-c1sc(C)c(C)c1C(=N)c1cccc(N)c1)C(=O)OC. The van der Waals surface area contributed by atoms with E-state index in [1.807, 2.05) is 56.5 Å². The van der Waals surface area contributed by atoms with Gasteiger partial charge >= 0.3 is 5.97 Å². The highest BCUT2D eigenvalue weighted by molar-refractivity contribution is 7.15. The van der Waals surface area contributed by atoms with Gasteiger partial charge < -0.3 is 10.5 Å². The summed E-state index contributed by atoms with van der Waals surface area (Å²) in [4.78, 5) is 13.2. The minimum absolute atomic E-state index is 0.254. The van der Waals surface area contributed by atoms with Crippen LogP contribution < -0.4 is 5.73 Å². The fraction of sp³-hybridized carbons (Fsp3) is 0.364. The number of nitrogens with two attached hydrogens (primary N) is 1. The molecule has 0 saturated carbocycles. The van der Waals surface area contributed by atoms with Crippen LogP contribution in [0.15, 0.2) is 24.3 Å². The molecule has 0 fully saturated rings. The van der Waals surface area contributed by atoms with Crippen LogP contribution >= 0.6 is 11.3 Å². The van der Waals surface area contributed by atoms with Crippen molar-refractivity contribution in [1.29, 1.82) is 5.41 Å². The van der Waals surface area contributed by atoms with Crippen LogP contribution in [0.5, 0.6) is 0 Å². The van der Waals surface area contributed by atoms with Gasteiger partial charge in [-0.05, 0) is 44.9 Å². The standard InChI is InChI=1S/C22H27N5O2S/c1-6-15(22(28)29-5)11-18-26-25-14(4)27(18)21-19(12(2)13(3)30-21)20(24)16-8-7-9-17(23)10-16/h7-10,15,24H,6,11,23H2,1-5H3. The molecular formula is C22H27N5O2S. The lowest BCUT2D eigenvalue weighted by Crippen LogP contribution is -2.20. The Bertz CT molecular complexity index is 1100. The number of benzene rings is 1. The summed E-state index contributed by atoms with van der Waals surface area (Å²) in [7, 11) is 1.40. The van der Waals surface area contributed by atoms with Crippen molar-refractivity contribution in [3.8, 4) is 5.00 Å². The van der Waals surface area contributed by atoms with Crippen LogP contribution in [0.3, 0.4) is 0 Å². The van der Waals surface area contributed by atoms with Crippen molar-refractivity contribution in [2.24, 2.45) is 5.92 Å². The summed E-state index contributed by atoms with van der Waals surface area (Å²) in [6.07, 6.45) is 1.07. The van der Waals surface area contributed by atoms with Crippen LogP contribution in [0, 0.1) is 32.1 Å². The Morgan fingerprint density at radius 3 is 2.67 bits per heavy atom. The van der Waals surface area contributed by atoms with Crippen molar-refractivity contribution in [3.05, 3.63) is 57.5 Å². The molecule has 7 nitrogen and oxygen atoms in total. The van der Waals surface area contributed by atoms with Gasteiger partial charge in [-0.2, -0.15) is 0 Å². The van der Waals surface area contributed by atoms with Crippen LogP contribution in [0.4, 0.5) is 5.69 Å². The fourth-order valence-corrected chi connectivity index (χ4v) is 4.71. The maximum Gasteiger partial charge on any atom is 0.309 e. The highest BCUT2D eigenvalue weighted by Crippen LogP contribution is 2.34. The molecule has 2 aromatic heterocycles. The van der Waals surface area contributed by atoms with Gasteiger partial charge in [0.25, 0.3) is 0 Å². The normalized spacial score (nSPS) is 12.0. The number of rotatable bonds is 7. The summed E-state index contributed by atoms with van der Waals surface area (Å²) in [6, 6.07) is 7.36. The molecule has 30 heavy (non-hydrogen) atoms. The highest BCUT2D eigenvalue weighted by Gasteiger charge is 2.26. The number of ether oxygens (including phenoxy) is 1. The molecule has 0 spiro atoms. The van der Waals surface area contributed by atoms with Gasteiger partial charge in [0.05, 0.1) is 18.7 Å². The lowest BCUT2D eigenvalue weighted by Gasteiger charge is -2.15. The zero-order chi connectivity index (χ0) is 22.0. The number of aryl methyl sites for hydroxylation is 2. The second kappa shape index (κ2) is 8.79. The van der Waals surface area contributed by atoms with Gasteiger partial charge in [-0.1, -0.05) is 19.1 Å². The Kier molecular flexibility index (Phi) is 6.36. The number of nitrogens with zero attached hydrogens (tertiary/aromatic N) is 3. The Balaban J connectivity index is 2.12. The molecule has 0 amide bonds. The number of methoxy groups -OCH3 is 1. The predicted molar refractivity (Wildman–Crippen MR) is 120 cm³/mol. The number of nitrogen functional groups attached to an aromatic ring is 1. The zero-order valence-electron chi connectivity index (χ0n) is 17.9. The number of hydrogen-bond acceptors (Lipinski definition) is 7. The Morgan fingerprint density at radius 2 is 2.03 bits per heavy atom. The van der Waals surface area contributed by atoms with Crippen LogP contribution in [0.1, 0.15) is 46.6 Å². The topological polar surface area (TPSA) is 107 Å². The predicted octanol–water partition coefficient (Wildman–Crippen LogP) is 3.99. The second-order valence-electron chi connectivity index (χ2n) is 7.30. The Hall–Kier alpha value is -3.00. The van der Waals surface area contributed by atoms with E-state index >= 15 is 0 Å². The first kappa shape index (κ1) is 21.7. The molecule has 0 aliphatic heterocycles. The summed E-state index contributed by atoms with van der Waals surface area (Å²) < 4.78 is 6.91. The van der Waals surface area contributed by atoms with Gasteiger partial charge in [0, 0.05) is 28.1 Å². The van der Waals surface area contributed by atoms with Gasteiger partial charge in [0.2, 0.25) is 0 Å². The molecule has 8 heteroatoms. The van der Waals surface area contributed by atoms with Crippen LogP contribution in [0.25, 0.3) is 5.00 Å². The van der Waals surface area contributed by atoms with Gasteiger partial charge in [0.15, 0.2) is 0 Å². The van der Waals surface area contributed by atoms with E-state index in [0.29, 0.717) is 35.9 Å². The molecule has 158 valence electrons. The summed E-state index contributed by atoms with van der Waals surface area (Å²) in [5.74, 6) is 0.854. The maximum atomic E-state index is 12.1. The minimum Gasteiger partial charge on any atom is -0.469 e. The Morgan fingerprint density at radius 1 is 1.30 bits per heavy atom. The van der Waals surface area contributed by atoms with Crippen LogP contribution in [0.2, 0.25) is 0 Å². The molecule has 1 atom stereocenters. The van der Waals surface area contributed by atoms with Gasteiger partial charge in [-0.15, -0.1) is 21.5 Å². The lowest BCUT2D eigenvalue weighted by atomic mass is 9.99. The molecule has 0 aliphatic rings. The molecule has 0 radical (unpaired) electrons. The largest absolute Gasteiger partial charge is 0.469 e. The van der Waals surface area contributed by atoms with Crippen molar-refractivity contribution < 1.29 is 9.53 Å². The number of hydrogen-bond donors (Lipinski definition) is 2. The number of esters is 1. The van der Waals surface area contributed by atoms with Crippen molar-refractivity contribution in [1.82, 2.24) is 14.8 Å². The maximum absolute atomic E-state index is 12.1. The molecule has 0 saturated heterocycles. The molecule has 3 rings (SSSR count). The number of carbonyl (C=O) groups excluding carboxylic acids is 1. The quantitative estimate of drug-likeness (QED) is 0.338. The van der Waals surface area contributed by atoms with Crippen LogP contribution in [-0.2, 0) is 16.0 Å². The number of thiophene rings is 1. The summed E-state index contributed by atoms with van der Waals surface area (Å²) in [5.41, 5.74) is 9.60. The molecule has 0 bridgehead atoms. The monoisotopic (exact) mass is 425 g/mol. The first-order valence-electron chi connectivity index (χ1n) is 9.82. The minimum atomic E-state index is -0.295. The summed E-state index contributed by atoms with van der Waals surface area (Å²) in [6.45, 7) is 7.90. The van der Waals surface area contributed by atoms with E-state index in [1.165, 1.54) is 7.11 Å². The third-order valence-corrected chi connectivity index (χ3v) is 6.54. The van der Waals surface area contributed by atoms with Crippen molar-refractivity contribution in [3.63, 3.8) is 0 Å². The molecule has 3 aromatic rings. The Labute approximate surface area is 180 Å². The fourth-order valence-electron chi connectivity index (χ4n) is 3.48. The van der Waals surface area contributed by atoms with Crippen molar-refractivity contribution in [2.75, 3.05) is 12.8 Å². The summed E-state index contributed by atoms with van der Waals surface area (Å²) >= 11 is 1.60. The molecule has 1 aromatic carbocycles. The van der Waals surface area contributed by atoms with E-state index in [4.69, 9.17) is 15.9 Å². The van der Waals surface area contributed by atoms with Gasteiger partial charge in [-0.3, -0.25) is 14.8 Å². The van der Waals surface area contributed by atoms with E-state index in [1.54, 1.807) is 11.3 Å². The third-order valence-electron chi connectivity index (χ3n) is 5.34. The molecule has 3 N–H and O–H groups in total. The number of nitrogens with one attached hydrogen (secondary N) is 1. The zero-order valence-corrected chi connectivity index (χ0v) is 18.8. The highest BCUT2D eigenvalue weighted by atomic mass is 32.1. The van der Waals surface area contributed by atoms with E-state index in [-0.39, 0.29) is 11.9 Å². The first-order chi connectivity index (χ1) is 14.3. The van der Waals surface area contributed by atoms with Gasteiger partial charge in [0.1, 0.15) is 16.6 Å². The number of carbonyl (C=O) groups is 1. The average molecular weight is 426 g/mol. The van der Waals surface area contributed by atoms with E-state index in [0.717, 1.165) is 26.6 Å². The van der Waals surface area contributed by atoms with E-state index in [2.05, 4.69) is 10.2 Å². The summed E-state index contributed by atoms with van der Waals surface area (Å²) in [5, 5.41) is 18.4.